The van der Waals surface area contributed by atoms with Gasteiger partial charge < -0.3 is 15.4 Å². The lowest BCUT2D eigenvalue weighted by Gasteiger charge is -2.23. The SMILES string of the molecule is COc1cccc(NC(=O)CN(C)[C@@H](C)C(=O)Nc2cc(Cl)ccc2Cl)c1. The highest BCUT2D eigenvalue weighted by atomic mass is 35.5. The van der Waals surface area contributed by atoms with E-state index in [4.69, 9.17) is 27.9 Å². The molecule has 0 saturated carbocycles. The summed E-state index contributed by atoms with van der Waals surface area (Å²) >= 11 is 12.0. The Balaban J connectivity index is 1.93. The number of anilines is 2. The van der Waals surface area contributed by atoms with E-state index in [-0.39, 0.29) is 18.4 Å². The van der Waals surface area contributed by atoms with Gasteiger partial charge in [0.05, 0.1) is 30.4 Å². The van der Waals surface area contributed by atoms with Gasteiger partial charge in [-0.1, -0.05) is 29.3 Å². The van der Waals surface area contributed by atoms with Crippen LogP contribution in [0.2, 0.25) is 10.0 Å². The van der Waals surface area contributed by atoms with Crippen molar-refractivity contribution in [2.45, 2.75) is 13.0 Å². The highest BCUT2D eigenvalue weighted by molar-refractivity contribution is 6.35. The van der Waals surface area contributed by atoms with Crippen LogP contribution in [0.4, 0.5) is 11.4 Å². The number of rotatable bonds is 7. The average Bonchev–Trinajstić information content (AvgIpc) is 2.63. The standard InChI is InChI=1S/C19H21Cl2N3O3/c1-12(19(26)23-17-9-13(20)7-8-16(17)21)24(2)11-18(25)22-14-5-4-6-15(10-14)27-3/h4-10,12H,11H2,1-3H3,(H,22,25)(H,23,26)/t12-/m0/s1. The van der Waals surface area contributed by atoms with Crippen LogP contribution in [-0.2, 0) is 9.59 Å². The Labute approximate surface area is 168 Å². The van der Waals surface area contributed by atoms with Crippen LogP contribution in [0.1, 0.15) is 6.92 Å². The zero-order valence-corrected chi connectivity index (χ0v) is 16.8. The molecule has 6 nitrogen and oxygen atoms in total. The first kappa shape index (κ1) is 21.0. The predicted molar refractivity (Wildman–Crippen MR) is 109 cm³/mol. The molecular formula is C19H21Cl2N3O3. The second kappa shape index (κ2) is 9.60. The number of nitrogens with zero attached hydrogens (tertiary/aromatic N) is 1. The van der Waals surface area contributed by atoms with Gasteiger partial charge in [-0.15, -0.1) is 0 Å². The van der Waals surface area contributed by atoms with Gasteiger partial charge in [-0.25, -0.2) is 0 Å². The van der Waals surface area contributed by atoms with Crippen LogP contribution in [0.15, 0.2) is 42.5 Å². The quantitative estimate of drug-likeness (QED) is 0.727. The number of ether oxygens (including phenoxy) is 1. The van der Waals surface area contributed by atoms with E-state index >= 15 is 0 Å². The molecule has 1 atom stereocenters. The molecule has 8 heteroatoms. The smallest absolute Gasteiger partial charge is 0.241 e. The number of nitrogens with one attached hydrogen (secondary N) is 2. The molecule has 2 N–H and O–H groups in total. The molecule has 0 saturated heterocycles. The summed E-state index contributed by atoms with van der Waals surface area (Å²) in [5.74, 6) is 0.106. The first-order chi connectivity index (χ1) is 12.8. The third kappa shape index (κ3) is 6.13. The molecule has 2 aromatic carbocycles. The van der Waals surface area contributed by atoms with E-state index in [9.17, 15) is 9.59 Å². The molecule has 0 spiro atoms. The number of hydrogen-bond acceptors (Lipinski definition) is 4. The highest BCUT2D eigenvalue weighted by Gasteiger charge is 2.21. The lowest BCUT2D eigenvalue weighted by molar-refractivity contribution is -0.122. The topological polar surface area (TPSA) is 70.7 Å². The Morgan fingerprint density at radius 2 is 1.89 bits per heavy atom. The maximum atomic E-state index is 12.4. The van der Waals surface area contributed by atoms with E-state index in [1.165, 1.54) is 0 Å². The number of halogens is 2. The average molecular weight is 410 g/mol. The molecule has 0 aliphatic heterocycles. The second-order valence-electron chi connectivity index (χ2n) is 5.98. The number of hydrogen-bond donors (Lipinski definition) is 2. The van der Waals surface area contributed by atoms with Gasteiger partial charge >= 0.3 is 0 Å². The Bertz CT molecular complexity index is 830. The number of likely N-dealkylation sites (N-methyl/N-ethyl adjacent to an activating group) is 1. The van der Waals surface area contributed by atoms with Crippen LogP contribution in [0.3, 0.4) is 0 Å². The second-order valence-corrected chi connectivity index (χ2v) is 6.83. The summed E-state index contributed by atoms with van der Waals surface area (Å²) in [4.78, 5) is 26.3. The predicted octanol–water partition coefficient (Wildman–Crippen LogP) is 3.90. The van der Waals surface area contributed by atoms with Crippen molar-refractivity contribution in [2.24, 2.45) is 0 Å². The molecule has 0 heterocycles. The summed E-state index contributed by atoms with van der Waals surface area (Å²) in [5, 5.41) is 6.35. The Hall–Kier alpha value is -2.28. The molecular weight excluding hydrogens is 389 g/mol. The largest absolute Gasteiger partial charge is 0.497 e. The normalized spacial score (nSPS) is 11.8. The molecule has 2 rings (SSSR count). The van der Waals surface area contributed by atoms with Crippen molar-refractivity contribution in [2.75, 3.05) is 31.3 Å². The van der Waals surface area contributed by atoms with E-state index in [0.29, 0.717) is 27.2 Å². The summed E-state index contributed by atoms with van der Waals surface area (Å²) in [6, 6.07) is 11.3. The molecule has 144 valence electrons. The van der Waals surface area contributed by atoms with E-state index in [2.05, 4.69) is 10.6 Å². The number of methoxy groups -OCH3 is 1. The zero-order valence-electron chi connectivity index (χ0n) is 15.3. The zero-order chi connectivity index (χ0) is 20.0. The van der Waals surface area contributed by atoms with Crippen molar-refractivity contribution in [3.05, 3.63) is 52.5 Å². The molecule has 0 unspecified atom stereocenters. The van der Waals surface area contributed by atoms with Gasteiger partial charge in [-0.05, 0) is 44.3 Å². The number of amides is 2. The highest BCUT2D eigenvalue weighted by Crippen LogP contribution is 2.25. The lowest BCUT2D eigenvalue weighted by Crippen LogP contribution is -2.43. The van der Waals surface area contributed by atoms with Gasteiger partial charge in [0.1, 0.15) is 5.75 Å². The van der Waals surface area contributed by atoms with Crippen molar-refractivity contribution in [1.82, 2.24) is 4.90 Å². The maximum absolute atomic E-state index is 12.4. The molecule has 2 amide bonds. The fourth-order valence-corrected chi connectivity index (χ4v) is 2.63. The summed E-state index contributed by atoms with van der Waals surface area (Å²) in [6.45, 7) is 1.74. The van der Waals surface area contributed by atoms with Gasteiger partial charge in [-0.3, -0.25) is 14.5 Å². The summed E-state index contributed by atoms with van der Waals surface area (Å²) in [7, 11) is 3.25. The van der Waals surface area contributed by atoms with E-state index < -0.39 is 6.04 Å². The molecule has 0 bridgehead atoms. The third-order valence-electron chi connectivity index (χ3n) is 3.97. The summed E-state index contributed by atoms with van der Waals surface area (Å²) in [5.41, 5.74) is 1.05. The van der Waals surface area contributed by atoms with Crippen LogP contribution in [0.25, 0.3) is 0 Å². The van der Waals surface area contributed by atoms with E-state index in [1.807, 2.05) is 0 Å². The summed E-state index contributed by atoms with van der Waals surface area (Å²) < 4.78 is 5.13. The van der Waals surface area contributed by atoms with Crippen molar-refractivity contribution in [3.63, 3.8) is 0 Å². The van der Waals surface area contributed by atoms with Gasteiger partial charge in [0.2, 0.25) is 11.8 Å². The number of carbonyl (C=O) groups excluding carboxylic acids is 2. The molecule has 0 aromatic heterocycles. The molecule has 0 aliphatic carbocycles. The van der Waals surface area contributed by atoms with Gasteiger partial charge in [0, 0.05) is 16.8 Å². The minimum Gasteiger partial charge on any atom is -0.497 e. The molecule has 0 radical (unpaired) electrons. The number of carbonyl (C=O) groups is 2. The molecule has 2 aromatic rings. The van der Waals surface area contributed by atoms with Crippen molar-refractivity contribution in [1.29, 1.82) is 0 Å². The third-order valence-corrected chi connectivity index (χ3v) is 4.54. The fraction of sp³-hybridized carbons (Fsp3) is 0.263. The van der Waals surface area contributed by atoms with Gasteiger partial charge in [0.15, 0.2) is 0 Å². The van der Waals surface area contributed by atoms with Crippen LogP contribution in [0, 0.1) is 0 Å². The Kier molecular flexibility index (Phi) is 7.47. The Morgan fingerprint density at radius 3 is 2.59 bits per heavy atom. The van der Waals surface area contributed by atoms with Crippen molar-refractivity contribution in [3.8, 4) is 5.75 Å². The van der Waals surface area contributed by atoms with Gasteiger partial charge in [-0.2, -0.15) is 0 Å². The van der Waals surface area contributed by atoms with Crippen LogP contribution < -0.4 is 15.4 Å². The molecule has 27 heavy (non-hydrogen) atoms. The fourth-order valence-electron chi connectivity index (χ4n) is 2.30. The van der Waals surface area contributed by atoms with Crippen molar-refractivity contribution >= 4 is 46.4 Å². The molecule has 0 fully saturated rings. The Morgan fingerprint density at radius 1 is 1.15 bits per heavy atom. The van der Waals surface area contributed by atoms with Crippen molar-refractivity contribution < 1.29 is 14.3 Å². The van der Waals surface area contributed by atoms with Crippen LogP contribution in [0.5, 0.6) is 5.75 Å². The monoisotopic (exact) mass is 409 g/mol. The minimum absolute atomic E-state index is 0.0368. The molecule has 0 aliphatic rings. The van der Waals surface area contributed by atoms with E-state index in [0.717, 1.165) is 0 Å². The van der Waals surface area contributed by atoms with Crippen LogP contribution in [-0.4, -0.2) is 43.5 Å². The van der Waals surface area contributed by atoms with Gasteiger partial charge in [0.25, 0.3) is 0 Å². The minimum atomic E-state index is -0.559. The first-order valence-electron chi connectivity index (χ1n) is 8.20. The van der Waals surface area contributed by atoms with E-state index in [1.54, 1.807) is 68.4 Å². The van der Waals surface area contributed by atoms with Crippen LogP contribution >= 0.6 is 23.2 Å². The first-order valence-corrected chi connectivity index (χ1v) is 8.96. The summed E-state index contributed by atoms with van der Waals surface area (Å²) in [6.07, 6.45) is 0. The lowest BCUT2D eigenvalue weighted by atomic mass is 10.2. The maximum Gasteiger partial charge on any atom is 0.241 e. The number of benzene rings is 2.